The van der Waals surface area contributed by atoms with E-state index in [2.05, 4.69) is 93.6 Å². The van der Waals surface area contributed by atoms with Crippen LogP contribution in [0, 0.1) is 26.6 Å². The molecule has 0 aliphatic carbocycles. The summed E-state index contributed by atoms with van der Waals surface area (Å²) in [5.74, 6) is -0.272. The van der Waals surface area contributed by atoms with Gasteiger partial charge < -0.3 is 0 Å². The molecule has 0 heterocycles. The molecule has 0 N–H and O–H groups in total. The van der Waals surface area contributed by atoms with Crippen LogP contribution in [0.15, 0.2) is 102 Å². The van der Waals surface area contributed by atoms with Crippen LogP contribution in [0.3, 0.4) is 0 Å². The smallest absolute Gasteiger partial charge is 0.125 e. The van der Waals surface area contributed by atoms with E-state index in [4.69, 9.17) is 4.74 Å². The minimum Gasteiger partial charge on any atom is -0.254 e. The molecule has 4 aromatic rings. The highest BCUT2D eigenvalue weighted by molar-refractivity contribution is 7.87. The number of hydrogen-bond donors (Lipinski definition) is 0. The maximum Gasteiger partial charge on any atom is 0.125 e. The SMILES string of the molecule is Cc1ccc(P(=Nc2cccc(F)c2)(c2ccc(C)cc2)c2ccc(C)cc2)cc1. The van der Waals surface area contributed by atoms with E-state index < -0.39 is 7.05 Å². The third-order valence-electron chi connectivity index (χ3n) is 5.30. The summed E-state index contributed by atoms with van der Waals surface area (Å²) in [6, 6.07) is 32.4. The summed E-state index contributed by atoms with van der Waals surface area (Å²) in [5, 5.41) is 3.47. The average molecular weight is 413 g/mol. The van der Waals surface area contributed by atoms with Crippen LogP contribution in [0.5, 0.6) is 0 Å². The first kappa shape index (κ1) is 20.3. The van der Waals surface area contributed by atoms with Crippen LogP contribution in [0.4, 0.5) is 10.1 Å². The van der Waals surface area contributed by atoms with Gasteiger partial charge in [-0.15, -0.1) is 0 Å². The van der Waals surface area contributed by atoms with Crippen molar-refractivity contribution in [3.05, 3.63) is 120 Å². The first-order valence-corrected chi connectivity index (χ1v) is 11.8. The summed E-state index contributed by atoms with van der Waals surface area (Å²) in [6.45, 7) is 6.27. The third kappa shape index (κ3) is 4.01. The first-order chi connectivity index (χ1) is 14.5. The zero-order chi connectivity index (χ0) is 21.1. The van der Waals surface area contributed by atoms with Crippen LogP contribution in [0.25, 0.3) is 0 Å². The largest absolute Gasteiger partial charge is 0.254 e. The van der Waals surface area contributed by atoms with E-state index in [1.807, 2.05) is 6.07 Å². The number of hydrogen-bond acceptors (Lipinski definition) is 1. The second kappa shape index (κ2) is 8.42. The monoisotopic (exact) mass is 413 g/mol. The Hall–Kier alpha value is -2.96. The zero-order valence-corrected chi connectivity index (χ0v) is 18.4. The fourth-order valence-corrected chi connectivity index (χ4v) is 7.07. The molecule has 30 heavy (non-hydrogen) atoms. The minimum atomic E-state index is -2.40. The molecule has 0 amide bonds. The molecule has 4 rings (SSSR count). The van der Waals surface area contributed by atoms with Crippen molar-refractivity contribution >= 4 is 28.7 Å². The molecule has 4 aromatic carbocycles. The van der Waals surface area contributed by atoms with Crippen LogP contribution >= 0.6 is 7.05 Å². The Morgan fingerprint density at radius 2 is 0.967 bits per heavy atom. The maximum absolute atomic E-state index is 14.1. The number of nitrogens with zero attached hydrogens (tertiary/aromatic N) is 1. The standard InChI is InChI=1S/C27H25FNP/c1-20-7-13-25(14-8-20)30(26-15-9-21(2)10-16-26,27-17-11-22(3)12-18-27)29-24-6-4-5-23(28)19-24/h4-19H,1-3H3. The Morgan fingerprint density at radius 3 is 1.33 bits per heavy atom. The highest BCUT2D eigenvalue weighted by atomic mass is 31.2. The van der Waals surface area contributed by atoms with Gasteiger partial charge in [0.05, 0.1) is 12.7 Å². The molecule has 0 radical (unpaired) electrons. The molecular formula is C27H25FNP. The molecule has 0 aliphatic heterocycles. The van der Waals surface area contributed by atoms with Gasteiger partial charge in [0.15, 0.2) is 0 Å². The highest BCUT2D eigenvalue weighted by Crippen LogP contribution is 2.49. The summed E-state index contributed by atoms with van der Waals surface area (Å²) in [7, 11) is -2.40. The van der Waals surface area contributed by atoms with Crippen LogP contribution in [0.1, 0.15) is 16.7 Å². The molecule has 3 heteroatoms. The molecule has 0 bridgehead atoms. The number of aryl methyl sites for hydroxylation is 3. The van der Waals surface area contributed by atoms with Crippen LogP contribution < -0.4 is 15.9 Å². The van der Waals surface area contributed by atoms with Gasteiger partial charge in [0.1, 0.15) is 5.82 Å². The van der Waals surface area contributed by atoms with Gasteiger partial charge in [-0.3, -0.25) is 4.74 Å². The van der Waals surface area contributed by atoms with E-state index in [9.17, 15) is 4.39 Å². The summed E-state index contributed by atoms with van der Waals surface area (Å²) < 4.78 is 19.4. The van der Waals surface area contributed by atoms with Gasteiger partial charge in [0.2, 0.25) is 0 Å². The second-order valence-corrected chi connectivity index (χ2v) is 10.7. The Bertz CT molecular complexity index is 1090. The summed E-state index contributed by atoms with van der Waals surface area (Å²) in [6.07, 6.45) is 0. The van der Waals surface area contributed by atoms with Crippen molar-refractivity contribution in [1.29, 1.82) is 0 Å². The van der Waals surface area contributed by atoms with Gasteiger partial charge in [-0.05, 0) is 39.0 Å². The van der Waals surface area contributed by atoms with Crippen molar-refractivity contribution < 1.29 is 4.39 Å². The van der Waals surface area contributed by atoms with Crippen molar-refractivity contribution in [1.82, 2.24) is 0 Å². The van der Waals surface area contributed by atoms with E-state index in [-0.39, 0.29) is 5.82 Å². The average Bonchev–Trinajstić information content (AvgIpc) is 2.74. The van der Waals surface area contributed by atoms with E-state index in [1.165, 1.54) is 28.8 Å². The fraction of sp³-hybridized carbons (Fsp3) is 0.111. The topological polar surface area (TPSA) is 12.4 Å². The van der Waals surface area contributed by atoms with Gasteiger partial charge >= 0.3 is 0 Å². The van der Waals surface area contributed by atoms with Gasteiger partial charge in [0, 0.05) is 15.9 Å². The molecule has 0 aromatic heterocycles. The number of rotatable bonds is 4. The Kier molecular flexibility index (Phi) is 5.70. The van der Waals surface area contributed by atoms with Crippen LogP contribution in [-0.2, 0) is 0 Å². The van der Waals surface area contributed by atoms with E-state index >= 15 is 0 Å². The third-order valence-corrected chi connectivity index (χ3v) is 8.96. The highest BCUT2D eigenvalue weighted by Gasteiger charge is 2.27. The Morgan fingerprint density at radius 1 is 0.567 bits per heavy atom. The van der Waals surface area contributed by atoms with Gasteiger partial charge in [-0.1, -0.05) is 95.6 Å². The predicted octanol–water partition coefficient (Wildman–Crippen LogP) is 6.56. The first-order valence-electron chi connectivity index (χ1n) is 10.1. The molecule has 0 atom stereocenters. The van der Waals surface area contributed by atoms with Gasteiger partial charge in [-0.25, -0.2) is 4.39 Å². The number of benzene rings is 4. The molecule has 0 unspecified atom stereocenters. The van der Waals surface area contributed by atoms with E-state index in [0.717, 1.165) is 15.9 Å². The van der Waals surface area contributed by atoms with Crippen molar-refractivity contribution in [2.45, 2.75) is 20.8 Å². The quantitative estimate of drug-likeness (QED) is 0.336. The summed E-state index contributed by atoms with van der Waals surface area (Å²) >= 11 is 0. The zero-order valence-electron chi connectivity index (χ0n) is 17.5. The van der Waals surface area contributed by atoms with Gasteiger partial charge in [0.25, 0.3) is 0 Å². The van der Waals surface area contributed by atoms with Gasteiger partial charge in [-0.2, -0.15) is 0 Å². The van der Waals surface area contributed by atoms with Crippen molar-refractivity contribution in [3.63, 3.8) is 0 Å². The van der Waals surface area contributed by atoms with Crippen molar-refractivity contribution in [3.8, 4) is 0 Å². The molecule has 0 saturated heterocycles. The lowest BCUT2D eigenvalue weighted by Crippen LogP contribution is -2.25. The molecule has 1 nitrogen and oxygen atoms in total. The molecule has 150 valence electrons. The minimum absolute atomic E-state index is 0.272. The lowest BCUT2D eigenvalue weighted by atomic mass is 10.2. The van der Waals surface area contributed by atoms with Crippen LogP contribution in [0.2, 0.25) is 0 Å². The fourth-order valence-electron chi connectivity index (χ4n) is 3.61. The normalized spacial score (nSPS) is 11.3. The molecule has 0 fully saturated rings. The van der Waals surface area contributed by atoms with E-state index in [1.54, 1.807) is 6.07 Å². The Labute approximate surface area is 178 Å². The lowest BCUT2D eigenvalue weighted by Gasteiger charge is -2.27. The maximum atomic E-state index is 14.1. The predicted molar refractivity (Wildman–Crippen MR) is 128 cm³/mol. The van der Waals surface area contributed by atoms with Crippen molar-refractivity contribution in [2.24, 2.45) is 4.74 Å². The van der Waals surface area contributed by atoms with E-state index in [0.29, 0.717) is 5.69 Å². The molecular weight excluding hydrogens is 388 g/mol. The summed E-state index contributed by atoms with van der Waals surface area (Å²) in [4.78, 5) is 0. The molecule has 0 saturated carbocycles. The van der Waals surface area contributed by atoms with Crippen molar-refractivity contribution in [2.75, 3.05) is 0 Å². The number of halogens is 1. The molecule has 0 spiro atoms. The molecule has 0 aliphatic rings. The lowest BCUT2D eigenvalue weighted by molar-refractivity contribution is 0.628. The van der Waals surface area contributed by atoms with Crippen LogP contribution in [-0.4, -0.2) is 0 Å². The Balaban J connectivity index is 2.13. The second-order valence-electron chi connectivity index (χ2n) is 7.72. The summed E-state index contributed by atoms with van der Waals surface area (Å²) in [5.41, 5.74) is 4.27.